The maximum absolute atomic E-state index is 14.4. The molecule has 2 aliphatic heterocycles. The number of aliphatic hydroxyl groups excluding tert-OH is 10. The van der Waals surface area contributed by atoms with Gasteiger partial charge in [-0.1, -0.05) is 270 Å². The van der Waals surface area contributed by atoms with Gasteiger partial charge in [0.15, 0.2) is 18.7 Å². The third kappa shape index (κ3) is 40.5. The van der Waals surface area contributed by atoms with Crippen molar-refractivity contribution in [1.29, 1.82) is 0 Å². The maximum Gasteiger partial charge on any atom is 0.472 e. The number of carbonyl (C=O) groups is 3. The average Bonchev–Trinajstić information content (AvgIpc) is 0.760. The zero-order chi connectivity index (χ0) is 73.9. The Morgan fingerprint density at radius 3 is 1.08 bits per heavy atom. The van der Waals surface area contributed by atoms with Gasteiger partial charge < -0.3 is 89.1 Å². The Morgan fingerprint density at radius 2 is 0.693 bits per heavy atom. The number of esters is 3. The van der Waals surface area contributed by atoms with Crippen LogP contribution in [0.5, 0.6) is 0 Å². The molecule has 24 nitrogen and oxygen atoms in total. The van der Waals surface area contributed by atoms with Crippen molar-refractivity contribution in [3.8, 4) is 0 Å². The molecule has 0 aromatic carbocycles. The van der Waals surface area contributed by atoms with E-state index in [1.165, 1.54) is 167 Å². The molecule has 1 aliphatic carbocycles. The molecular weight excluding hydrogens is 1330 g/mol. The number of phosphoric ester groups is 1. The van der Waals surface area contributed by atoms with Crippen LogP contribution in [0.15, 0.2) is 12.2 Å². The highest BCUT2D eigenvalue weighted by Gasteiger charge is 2.58. The molecule has 594 valence electrons. The molecule has 2 heterocycles. The van der Waals surface area contributed by atoms with Crippen molar-refractivity contribution in [2.45, 2.75) is 427 Å². The molecule has 101 heavy (non-hydrogen) atoms. The molecule has 0 amide bonds. The first-order valence-electron chi connectivity index (χ1n) is 40.0. The highest BCUT2D eigenvalue weighted by atomic mass is 31.2. The molecule has 18 atom stereocenters. The lowest BCUT2D eigenvalue weighted by Crippen LogP contribution is -2.69. The second kappa shape index (κ2) is 57.8. The summed E-state index contributed by atoms with van der Waals surface area (Å²) < 4.78 is 65.1. The first kappa shape index (κ1) is 92.9. The largest absolute Gasteiger partial charge is 0.472 e. The Morgan fingerprint density at radius 1 is 0.376 bits per heavy atom. The standard InChI is InChI=1S/C76H141O24P/c1-4-7-10-13-16-19-22-25-27-29-31-34-37-40-43-46-49-52-62(80)95-57(54-92-60(78)50-47-44-41-38-35-32-24-21-18-15-12-9-6-3)55-94-101(90,91)100-74-72(98-75-70(88)65(83)63(81)58(53-77)96-75)68(86)67(85)69(87)73(74)99-76-71(89)66(84)64(82)59(97-76)56-93-61(79)51-48-45-42-39-36-33-30-28-26-23-20-17-14-11-8-5-2/h32,35,57-59,63-77,81-89H,4-31,33-34,36-56H2,1-3H3,(H,90,91)/b35-32-. The summed E-state index contributed by atoms with van der Waals surface area (Å²) in [4.78, 5) is 51.1. The van der Waals surface area contributed by atoms with Crippen molar-refractivity contribution in [3.63, 3.8) is 0 Å². The van der Waals surface area contributed by atoms with Gasteiger partial charge in [0.2, 0.25) is 0 Å². The topological polar surface area (TPSA) is 374 Å². The quantitative estimate of drug-likeness (QED) is 0.00886. The SMILES string of the molecule is CCCCCCCC/C=C\CCCCCC(=O)OCC(COP(=O)(O)OC1C(OC2OC(CO)C(O)C(O)C2O)C(O)C(O)C(O)C1OC1OC(COC(=O)CCCCCCCCCCCCCCCCCC)C(O)C(O)C1O)OC(=O)CCCCCCCCCCCCCCCCCCC. The smallest absolute Gasteiger partial charge is 0.463 e. The predicted molar refractivity (Wildman–Crippen MR) is 384 cm³/mol. The van der Waals surface area contributed by atoms with Crippen LogP contribution in [0.25, 0.3) is 0 Å². The maximum atomic E-state index is 14.4. The zero-order valence-electron chi connectivity index (χ0n) is 62.2. The van der Waals surface area contributed by atoms with Gasteiger partial charge >= 0.3 is 25.7 Å². The molecule has 1 saturated carbocycles. The molecule has 3 aliphatic rings. The molecule has 0 aromatic heterocycles. The van der Waals surface area contributed by atoms with Crippen molar-refractivity contribution in [1.82, 2.24) is 0 Å². The molecule has 25 heteroatoms. The third-order valence-corrected chi connectivity index (χ3v) is 20.8. The van der Waals surface area contributed by atoms with Crippen molar-refractivity contribution in [2.75, 3.05) is 26.4 Å². The van der Waals surface area contributed by atoms with E-state index in [0.29, 0.717) is 19.3 Å². The highest BCUT2D eigenvalue weighted by Crippen LogP contribution is 2.49. The lowest BCUT2D eigenvalue weighted by molar-refractivity contribution is -0.360. The summed E-state index contributed by atoms with van der Waals surface area (Å²) in [6.07, 6.45) is 18.3. The number of rotatable bonds is 63. The first-order valence-corrected chi connectivity index (χ1v) is 41.5. The predicted octanol–water partition coefficient (Wildman–Crippen LogP) is 11.9. The number of aliphatic hydroxyl groups is 10. The molecule has 0 radical (unpaired) electrons. The minimum absolute atomic E-state index is 0.0279. The van der Waals surface area contributed by atoms with Gasteiger partial charge in [-0.15, -0.1) is 0 Å². The molecule has 2 saturated heterocycles. The number of hydrogen-bond donors (Lipinski definition) is 11. The first-order chi connectivity index (χ1) is 48.8. The normalized spacial score (nSPS) is 27.2. The van der Waals surface area contributed by atoms with Gasteiger partial charge in [-0.3, -0.25) is 23.4 Å². The summed E-state index contributed by atoms with van der Waals surface area (Å²) in [5, 5.41) is 110. The minimum atomic E-state index is -5.70. The van der Waals surface area contributed by atoms with E-state index in [4.69, 9.17) is 42.2 Å². The van der Waals surface area contributed by atoms with E-state index in [1.54, 1.807) is 0 Å². The lowest BCUT2D eigenvalue weighted by atomic mass is 9.84. The Bertz CT molecular complexity index is 2130. The number of unbranched alkanes of at least 4 members (excludes halogenated alkanes) is 40. The Kier molecular flexibility index (Phi) is 53.2. The number of phosphoric acid groups is 1. The second-order valence-corrected chi connectivity index (χ2v) is 30.2. The van der Waals surface area contributed by atoms with Crippen LogP contribution in [0.2, 0.25) is 0 Å². The van der Waals surface area contributed by atoms with Crippen LogP contribution in [-0.2, 0) is 61.2 Å². The molecule has 11 N–H and O–H groups in total. The fourth-order valence-corrected chi connectivity index (χ4v) is 14.2. The fourth-order valence-electron chi connectivity index (χ4n) is 13.3. The summed E-state index contributed by atoms with van der Waals surface area (Å²) in [6.45, 7) is 3.47. The number of carbonyl (C=O) groups excluding carboxylic acids is 3. The average molecular weight is 1470 g/mol. The van der Waals surface area contributed by atoms with Crippen LogP contribution in [0.1, 0.15) is 323 Å². The second-order valence-electron chi connectivity index (χ2n) is 28.8. The molecule has 0 aromatic rings. The van der Waals surface area contributed by atoms with E-state index in [2.05, 4.69) is 32.9 Å². The van der Waals surface area contributed by atoms with Gasteiger partial charge in [0.25, 0.3) is 0 Å². The Balaban J connectivity index is 1.71. The van der Waals surface area contributed by atoms with E-state index in [9.17, 15) is 74.9 Å². The van der Waals surface area contributed by atoms with Crippen molar-refractivity contribution in [3.05, 3.63) is 12.2 Å². The summed E-state index contributed by atoms with van der Waals surface area (Å²) in [7, 11) is -5.70. The minimum Gasteiger partial charge on any atom is -0.463 e. The van der Waals surface area contributed by atoms with Crippen LogP contribution in [0, 0.1) is 0 Å². The third-order valence-electron chi connectivity index (χ3n) is 19.8. The van der Waals surface area contributed by atoms with E-state index in [1.807, 2.05) is 0 Å². The van der Waals surface area contributed by atoms with Crippen molar-refractivity contribution < 1.29 is 117 Å². The summed E-state index contributed by atoms with van der Waals surface area (Å²) >= 11 is 0. The van der Waals surface area contributed by atoms with Gasteiger partial charge in [-0.25, -0.2) is 4.57 Å². The van der Waals surface area contributed by atoms with Crippen LogP contribution in [0.3, 0.4) is 0 Å². The fraction of sp³-hybridized carbons (Fsp3) is 0.934. The van der Waals surface area contributed by atoms with E-state index >= 15 is 0 Å². The van der Waals surface area contributed by atoms with Crippen LogP contribution in [0.4, 0.5) is 0 Å². The molecule has 0 bridgehead atoms. The lowest BCUT2D eigenvalue weighted by Gasteiger charge is -2.49. The summed E-state index contributed by atoms with van der Waals surface area (Å²) in [5.74, 6) is -1.99. The highest BCUT2D eigenvalue weighted by molar-refractivity contribution is 7.47. The molecule has 3 fully saturated rings. The van der Waals surface area contributed by atoms with Gasteiger partial charge in [0.05, 0.1) is 13.2 Å². The van der Waals surface area contributed by atoms with Gasteiger partial charge in [0, 0.05) is 19.3 Å². The summed E-state index contributed by atoms with van der Waals surface area (Å²) in [6, 6.07) is 0. The number of ether oxygens (including phenoxy) is 7. The Hall–Kier alpha value is -2.30. The Labute approximate surface area is 605 Å². The van der Waals surface area contributed by atoms with Gasteiger partial charge in [-0.2, -0.15) is 0 Å². The monoisotopic (exact) mass is 1470 g/mol. The molecule has 0 spiro atoms. The van der Waals surface area contributed by atoms with Gasteiger partial charge in [0.1, 0.15) is 98.7 Å². The van der Waals surface area contributed by atoms with E-state index in [-0.39, 0.29) is 19.3 Å². The van der Waals surface area contributed by atoms with Gasteiger partial charge in [-0.05, 0) is 44.9 Å². The van der Waals surface area contributed by atoms with Crippen LogP contribution >= 0.6 is 7.82 Å². The molecular formula is C76H141O24P. The van der Waals surface area contributed by atoms with Crippen molar-refractivity contribution in [2.24, 2.45) is 0 Å². The molecule has 3 rings (SSSR count). The van der Waals surface area contributed by atoms with Crippen molar-refractivity contribution >= 4 is 25.7 Å². The van der Waals surface area contributed by atoms with Crippen LogP contribution < -0.4 is 0 Å². The molecule has 18 unspecified atom stereocenters. The number of hydrogen-bond acceptors (Lipinski definition) is 23. The van der Waals surface area contributed by atoms with Crippen LogP contribution in [-0.4, -0.2) is 204 Å². The zero-order valence-corrected chi connectivity index (χ0v) is 63.1. The van der Waals surface area contributed by atoms with E-state index < -0.39 is 156 Å². The number of allylic oxidation sites excluding steroid dienone is 2. The summed E-state index contributed by atoms with van der Waals surface area (Å²) in [5.41, 5.74) is 0. The van der Waals surface area contributed by atoms with E-state index in [0.717, 1.165) is 96.3 Å².